The van der Waals surface area contributed by atoms with Crippen molar-refractivity contribution in [2.75, 3.05) is 11.4 Å². The van der Waals surface area contributed by atoms with E-state index in [-0.39, 0.29) is 5.84 Å². The monoisotopic (exact) mass is 277 g/mol. The Morgan fingerprint density at radius 3 is 2.84 bits per heavy atom. The van der Waals surface area contributed by atoms with Gasteiger partial charge in [-0.1, -0.05) is 11.2 Å². The van der Waals surface area contributed by atoms with Crippen molar-refractivity contribution >= 4 is 23.0 Å². The maximum Gasteiger partial charge on any atom is 0.190 e. The second-order valence-corrected chi connectivity index (χ2v) is 4.87. The van der Waals surface area contributed by atoms with Crippen LogP contribution in [0.2, 0.25) is 0 Å². The van der Waals surface area contributed by atoms with Crippen molar-refractivity contribution in [2.45, 2.75) is 13.5 Å². The molecule has 0 aliphatic carbocycles. The SMILES string of the molecule is CCN(Cc1cccs1)c1cnc(C(N)=NO)cn1. The molecule has 0 radical (unpaired) electrons. The zero-order valence-corrected chi connectivity index (χ0v) is 11.3. The van der Waals surface area contributed by atoms with Crippen LogP contribution in [0.25, 0.3) is 0 Å². The minimum Gasteiger partial charge on any atom is -0.409 e. The van der Waals surface area contributed by atoms with Gasteiger partial charge in [-0.2, -0.15) is 0 Å². The van der Waals surface area contributed by atoms with Crippen molar-refractivity contribution in [2.24, 2.45) is 10.9 Å². The lowest BCUT2D eigenvalue weighted by Gasteiger charge is -2.20. The quantitative estimate of drug-likeness (QED) is 0.375. The van der Waals surface area contributed by atoms with Crippen LogP contribution in [0.3, 0.4) is 0 Å². The Hall–Kier alpha value is -2.15. The fourth-order valence-corrected chi connectivity index (χ4v) is 2.33. The number of nitrogens with two attached hydrogens (primary N) is 1. The summed E-state index contributed by atoms with van der Waals surface area (Å²) in [5, 5.41) is 13.5. The molecule has 2 rings (SSSR count). The minimum atomic E-state index is -0.0413. The minimum absolute atomic E-state index is 0.0413. The van der Waals surface area contributed by atoms with Gasteiger partial charge in [0.2, 0.25) is 0 Å². The van der Waals surface area contributed by atoms with Crippen LogP contribution < -0.4 is 10.6 Å². The van der Waals surface area contributed by atoms with Gasteiger partial charge in [0.1, 0.15) is 11.5 Å². The van der Waals surface area contributed by atoms with Gasteiger partial charge in [-0.15, -0.1) is 11.3 Å². The lowest BCUT2D eigenvalue weighted by molar-refractivity contribution is 0.318. The van der Waals surface area contributed by atoms with E-state index in [1.807, 2.05) is 6.07 Å². The number of hydrogen-bond donors (Lipinski definition) is 2. The van der Waals surface area contributed by atoms with Gasteiger partial charge in [0, 0.05) is 11.4 Å². The van der Waals surface area contributed by atoms with Gasteiger partial charge in [-0.25, -0.2) is 9.97 Å². The number of thiophene rings is 1. The highest BCUT2D eigenvalue weighted by Gasteiger charge is 2.09. The number of oxime groups is 1. The first kappa shape index (κ1) is 13.3. The first-order valence-electron chi connectivity index (χ1n) is 5.82. The number of hydrogen-bond acceptors (Lipinski definition) is 6. The van der Waals surface area contributed by atoms with Gasteiger partial charge >= 0.3 is 0 Å². The summed E-state index contributed by atoms with van der Waals surface area (Å²) < 4.78 is 0. The summed E-state index contributed by atoms with van der Waals surface area (Å²) in [6.07, 6.45) is 3.13. The van der Waals surface area contributed by atoms with Gasteiger partial charge in [-0.05, 0) is 18.4 Å². The van der Waals surface area contributed by atoms with Crippen LogP contribution in [0.5, 0.6) is 0 Å². The van der Waals surface area contributed by atoms with Gasteiger partial charge in [0.25, 0.3) is 0 Å². The Morgan fingerprint density at radius 1 is 1.47 bits per heavy atom. The van der Waals surface area contributed by atoms with Crippen molar-refractivity contribution in [3.8, 4) is 0 Å². The molecule has 0 fully saturated rings. The second kappa shape index (κ2) is 6.14. The third-order valence-corrected chi connectivity index (χ3v) is 3.50. The van der Waals surface area contributed by atoms with E-state index in [1.54, 1.807) is 17.5 Å². The molecule has 3 N–H and O–H groups in total. The predicted octanol–water partition coefficient (Wildman–Crippen LogP) is 1.66. The van der Waals surface area contributed by atoms with E-state index in [4.69, 9.17) is 10.9 Å². The van der Waals surface area contributed by atoms with Crippen LogP contribution in [-0.2, 0) is 6.54 Å². The molecule has 0 spiro atoms. The molecule has 100 valence electrons. The summed E-state index contributed by atoms with van der Waals surface area (Å²) in [6.45, 7) is 3.69. The normalized spacial score (nSPS) is 11.5. The number of anilines is 1. The summed E-state index contributed by atoms with van der Waals surface area (Å²) in [6, 6.07) is 4.12. The van der Waals surface area contributed by atoms with Crippen LogP contribution in [0, 0.1) is 0 Å². The van der Waals surface area contributed by atoms with Crippen LogP contribution in [-0.4, -0.2) is 27.6 Å². The molecule has 19 heavy (non-hydrogen) atoms. The predicted molar refractivity (Wildman–Crippen MR) is 75.6 cm³/mol. The lowest BCUT2D eigenvalue weighted by atomic mass is 10.4. The molecule has 0 bridgehead atoms. The first-order chi connectivity index (χ1) is 9.24. The topological polar surface area (TPSA) is 87.6 Å². The Labute approximate surface area is 115 Å². The molecule has 2 aromatic rings. The first-order valence-corrected chi connectivity index (χ1v) is 6.69. The summed E-state index contributed by atoms with van der Waals surface area (Å²) in [4.78, 5) is 11.8. The highest BCUT2D eigenvalue weighted by atomic mass is 32.1. The lowest BCUT2D eigenvalue weighted by Crippen LogP contribution is -2.23. The van der Waals surface area contributed by atoms with E-state index in [2.05, 4.69) is 38.4 Å². The highest BCUT2D eigenvalue weighted by molar-refractivity contribution is 7.09. The van der Waals surface area contributed by atoms with Crippen LogP contribution in [0.1, 0.15) is 17.5 Å². The second-order valence-electron chi connectivity index (χ2n) is 3.84. The van der Waals surface area contributed by atoms with Crippen LogP contribution in [0.15, 0.2) is 35.1 Å². The molecule has 0 aliphatic heterocycles. The van der Waals surface area contributed by atoms with Crippen LogP contribution >= 0.6 is 11.3 Å². The van der Waals surface area contributed by atoms with Crippen molar-refractivity contribution in [3.05, 3.63) is 40.5 Å². The largest absolute Gasteiger partial charge is 0.409 e. The van der Waals surface area contributed by atoms with Gasteiger partial charge < -0.3 is 15.8 Å². The summed E-state index contributed by atoms with van der Waals surface area (Å²) in [7, 11) is 0. The summed E-state index contributed by atoms with van der Waals surface area (Å²) in [5.41, 5.74) is 5.81. The summed E-state index contributed by atoms with van der Waals surface area (Å²) >= 11 is 1.71. The molecule has 6 nitrogen and oxygen atoms in total. The van der Waals surface area contributed by atoms with Gasteiger partial charge in [0.05, 0.1) is 18.9 Å². The Morgan fingerprint density at radius 2 is 2.32 bits per heavy atom. The van der Waals surface area contributed by atoms with Crippen LogP contribution in [0.4, 0.5) is 5.82 Å². The zero-order chi connectivity index (χ0) is 13.7. The Kier molecular flexibility index (Phi) is 4.30. The number of amidine groups is 1. The highest BCUT2D eigenvalue weighted by Crippen LogP contribution is 2.16. The van der Waals surface area contributed by atoms with E-state index < -0.39 is 0 Å². The number of rotatable bonds is 5. The molecular formula is C12H15N5OS. The number of aromatic nitrogens is 2. The standard InChI is InChI=1S/C12H15N5OS/c1-2-17(8-9-4-3-5-19-9)11-7-14-10(6-15-11)12(13)16-18/h3-7,18H,2,8H2,1H3,(H2,13,16). The molecule has 7 heteroatoms. The van der Waals surface area contributed by atoms with Gasteiger partial charge in [-0.3, -0.25) is 0 Å². The van der Waals surface area contributed by atoms with Crippen molar-refractivity contribution in [1.82, 2.24) is 9.97 Å². The van der Waals surface area contributed by atoms with Gasteiger partial charge in [0.15, 0.2) is 5.84 Å². The average molecular weight is 277 g/mol. The molecule has 0 atom stereocenters. The fourth-order valence-electron chi connectivity index (χ4n) is 1.61. The molecule has 0 unspecified atom stereocenters. The Bertz CT molecular complexity index is 538. The van der Waals surface area contributed by atoms with E-state index in [0.29, 0.717) is 5.69 Å². The average Bonchev–Trinajstić information content (AvgIpc) is 2.97. The van der Waals surface area contributed by atoms with Crippen molar-refractivity contribution in [3.63, 3.8) is 0 Å². The third kappa shape index (κ3) is 3.19. The molecule has 2 aromatic heterocycles. The van der Waals surface area contributed by atoms with E-state index in [1.165, 1.54) is 11.1 Å². The molecule has 2 heterocycles. The maximum absolute atomic E-state index is 8.57. The Balaban J connectivity index is 2.15. The molecule has 0 aromatic carbocycles. The smallest absolute Gasteiger partial charge is 0.190 e. The van der Waals surface area contributed by atoms with E-state index >= 15 is 0 Å². The van der Waals surface area contributed by atoms with Crippen molar-refractivity contribution < 1.29 is 5.21 Å². The fraction of sp³-hybridized carbons (Fsp3) is 0.250. The zero-order valence-electron chi connectivity index (χ0n) is 10.5. The van der Waals surface area contributed by atoms with Crippen molar-refractivity contribution in [1.29, 1.82) is 0 Å². The summed E-state index contributed by atoms with van der Waals surface area (Å²) in [5.74, 6) is 0.728. The molecular weight excluding hydrogens is 262 g/mol. The molecule has 0 aliphatic rings. The third-order valence-electron chi connectivity index (χ3n) is 2.64. The van der Waals surface area contributed by atoms with E-state index in [9.17, 15) is 0 Å². The van der Waals surface area contributed by atoms with E-state index in [0.717, 1.165) is 18.9 Å². The number of nitrogens with zero attached hydrogens (tertiary/aromatic N) is 4. The molecule has 0 amide bonds. The molecule has 0 saturated carbocycles. The maximum atomic E-state index is 8.57. The molecule has 0 saturated heterocycles.